The van der Waals surface area contributed by atoms with Gasteiger partial charge in [-0.05, 0) is 30.2 Å². The Balaban J connectivity index is 1.90. The van der Waals surface area contributed by atoms with E-state index in [0.717, 1.165) is 16.9 Å². The molecule has 0 saturated carbocycles. The second-order valence-electron chi connectivity index (χ2n) is 5.85. The van der Waals surface area contributed by atoms with Gasteiger partial charge in [-0.15, -0.1) is 0 Å². The lowest BCUT2D eigenvalue weighted by molar-refractivity contribution is -0.137. The Morgan fingerprint density at radius 3 is 2.25 bits per heavy atom. The SMILES string of the molecule is COc1ccc(CO[C@@H](C)C(=O)[C@H](C)[C@@H](O)c2ccccc2)cc1. The number of rotatable bonds is 8. The molecule has 0 aromatic heterocycles. The standard InChI is InChI=1S/C20H24O4/c1-14(20(22)17-7-5-4-6-8-17)19(21)15(2)24-13-16-9-11-18(23-3)12-10-16/h4-12,14-15,20,22H,13H2,1-3H3/t14-,15-,20+/m0/s1. The summed E-state index contributed by atoms with van der Waals surface area (Å²) in [6.45, 7) is 3.79. The summed E-state index contributed by atoms with van der Waals surface area (Å²) >= 11 is 0. The van der Waals surface area contributed by atoms with E-state index in [1.807, 2.05) is 54.6 Å². The van der Waals surface area contributed by atoms with Crippen LogP contribution in [0.15, 0.2) is 54.6 Å². The molecule has 0 aliphatic heterocycles. The van der Waals surface area contributed by atoms with Gasteiger partial charge in [0.05, 0.1) is 19.8 Å². The van der Waals surface area contributed by atoms with Crippen molar-refractivity contribution in [2.75, 3.05) is 7.11 Å². The lowest BCUT2D eigenvalue weighted by Crippen LogP contribution is -2.30. The number of methoxy groups -OCH3 is 1. The molecule has 0 spiro atoms. The molecule has 0 radical (unpaired) electrons. The quantitative estimate of drug-likeness (QED) is 0.805. The van der Waals surface area contributed by atoms with Gasteiger partial charge in [-0.2, -0.15) is 0 Å². The molecule has 2 aromatic carbocycles. The normalized spacial score (nSPS) is 14.7. The number of ether oxygens (including phenoxy) is 2. The van der Waals surface area contributed by atoms with Gasteiger partial charge < -0.3 is 14.6 Å². The molecule has 0 aliphatic carbocycles. The van der Waals surface area contributed by atoms with Crippen molar-refractivity contribution < 1.29 is 19.4 Å². The molecule has 0 amide bonds. The van der Waals surface area contributed by atoms with Crippen molar-refractivity contribution in [1.29, 1.82) is 0 Å². The summed E-state index contributed by atoms with van der Waals surface area (Å²) in [4.78, 5) is 12.5. The Morgan fingerprint density at radius 2 is 1.67 bits per heavy atom. The Kier molecular flexibility index (Phi) is 6.53. The van der Waals surface area contributed by atoms with E-state index < -0.39 is 18.1 Å². The predicted molar refractivity (Wildman–Crippen MR) is 92.8 cm³/mol. The number of ketones is 1. The average Bonchev–Trinajstić information content (AvgIpc) is 2.65. The fraction of sp³-hybridized carbons (Fsp3) is 0.350. The largest absolute Gasteiger partial charge is 0.497 e. The van der Waals surface area contributed by atoms with Gasteiger partial charge in [0.2, 0.25) is 0 Å². The highest BCUT2D eigenvalue weighted by atomic mass is 16.5. The number of Topliss-reactive ketones (excluding diaryl/α,β-unsaturated/α-hetero) is 1. The van der Waals surface area contributed by atoms with Crippen LogP contribution in [-0.4, -0.2) is 24.1 Å². The summed E-state index contributed by atoms with van der Waals surface area (Å²) < 4.78 is 10.8. The smallest absolute Gasteiger partial charge is 0.166 e. The fourth-order valence-electron chi connectivity index (χ4n) is 2.49. The van der Waals surface area contributed by atoms with E-state index in [4.69, 9.17) is 9.47 Å². The minimum absolute atomic E-state index is 0.111. The maximum Gasteiger partial charge on any atom is 0.166 e. The summed E-state index contributed by atoms with van der Waals surface area (Å²) in [7, 11) is 1.62. The fourth-order valence-corrected chi connectivity index (χ4v) is 2.49. The third-order valence-electron chi connectivity index (χ3n) is 4.12. The molecule has 2 aromatic rings. The molecule has 0 unspecified atom stereocenters. The minimum Gasteiger partial charge on any atom is -0.497 e. The molecule has 0 heterocycles. The van der Waals surface area contributed by atoms with Crippen molar-refractivity contribution in [3.05, 3.63) is 65.7 Å². The van der Waals surface area contributed by atoms with E-state index in [9.17, 15) is 9.90 Å². The third kappa shape index (κ3) is 4.66. The second kappa shape index (κ2) is 8.62. The van der Waals surface area contributed by atoms with Gasteiger partial charge in [0.15, 0.2) is 5.78 Å². The molecule has 0 aliphatic rings. The summed E-state index contributed by atoms with van der Waals surface area (Å²) in [6.07, 6.45) is -1.41. The molecule has 0 fully saturated rings. The molecule has 4 heteroatoms. The van der Waals surface area contributed by atoms with Gasteiger partial charge in [0.1, 0.15) is 11.9 Å². The van der Waals surface area contributed by atoms with Crippen molar-refractivity contribution in [3.63, 3.8) is 0 Å². The maximum atomic E-state index is 12.5. The van der Waals surface area contributed by atoms with Gasteiger partial charge in [0, 0.05) is 5.92 Å². The van der Waals surface area contributed by atoms with Crippen LogP contribution >= 0.6 is 0 Å². The van der Waals surface area contributed by atoms with Crippen LogP contribution in [0.2, 0.25) is 0 Å². The second-order valence-corrected chi connectivity index (χ2v) is 5.85. The van der Waals surface area contributed by atoms with Crippen molar-refractivity contribution in [2.45, 2.75) is 32.7 Å². The van der Waals surface area contributed by atoms with Crippen LogP contribution in [0.1, 0.15) is 31.1 Å². The molecule has 0 saturated heterocycles. The zero-order valence-corrected chi connectivity index (χ0v) is 14.3. The summed E-state index contributed by atoms with van der Waals surface area (Å²) in [6, 6.07) is 16.7. The van der Waals surface area contributed by atoms with Crippen molar-refractivity contribution >= 4 is 5.78 Å². The Hall–Kier alpha value is -2.17. The first-order valence-corrected chi connectivity index (χ1v) is 8.04. The first-order chi connectivity index (χ1) is 11.5. The maximum absolute atomic E-state index is 12.5. The molecule has 128 valence electrons. The minimum atomic E-state index is -0.828. The van der Waals surface area contributed by atoms with Crippen LogP contribution in [0, 0.1) is 5.92 Å². The average molecular weight is 328 g/mol. The number of benzene rings is 2. The van der Waals surface area contributed by atoms with Crippen LogP contribution in [0.4, 0.5) is 0 Å². The number of aliphatic hydroxyl groups excluding tert-OH is 1. The first-order valence-electron chi connectivity index (χ1n) is 8.04. The van der Waals surface area contributed by atoms with Gasteiger partial charge in [-0.1, -0.05) is 49.4 Å². The Labute approximate surface area is 143 Å². The number of aliphatic hydroxyl groups is 1. The van der Waals surface area contributed by atoms with Crippen LogP contribution in [-0.2, 0) is 16.1 Å². The molecule has 4 nitrogen and oxygen atoms in total. The molecule has 24 heavy (non-hydrogen) atoms. The number of hydrogen-bond donors (Lipinski definition) is 1. The van der Waals surface area contributed by atoms with Crippen LogP contribution < -0.4 is 4.74 Å². The molecule has 2 rings (SSSR count). The Bertz CT molecular complexity index is 636. The van der Waals surface area contributed by atoms with Crippen molar-refractivity contribution in [2.24, 2.45) is 5.92 Å². The molecule has 3 atom stereocenters. The highest BCUT2D eigenvalue weighted by molar-refractivity contribution is 5.85. The van der Waals surface area contributed by atoms with Crippen LogP contribution in [0.25, 0.3) is 0 Å². The molecule has 0 bridgehead atoms. The van der Waals surface area contributed by atoms with E-state index in [2.05, 4.69) is 0 Å². The van der Waals surface area contributed by atoms with Crippen molar-refractivity contribution in [3.8, 4) is 5.75 Å². The van der Waals surface area contributed by atoms with Crippen LogP contribution in [0.5, 0.6) is 5.75 Å². The van der Waals surface area contributed by atoms with E-state index in [1.54, 1.807) is 21.0 Å². The topological polar surface area (TPSA) is 55.8 Å². The summed E-state index contributed by atoms with van der Waals surface area (Å²) in [5.41, 5.74) is 1.70. The van der Waals surface area contributed by atoms with E-state index in [1.165, 1.54) is 0 Å². The van der Waals surface area contributed by atoms with Gasteiger partial charge >= 0.3 is 0 Å². The summed E-state index contributed by atoms with van der Waals surface area (Å²) in [5, 5.41) is 10.4. The monoisotopic (exact) mass is 328 g/mol. The number of carbonyl (C=O) groups excluding carboxylic acids is 1. The van der Waals surface area contributed by atoms with E-state index in [0.29, 0.717) is 6.61 Å². The van der Waals surface area contributed by atoms with E-state index >= 15 is 0 Å². The van der Waals surface area contributed by atoms with Crippen LogP contribution in [0.3, 0.4) is 0 Å². The highest BCUT2D eigenvalue weighted by Gasteiger charge is 2.27. The summed E-state index contributed by atoms with van der Waals surface area (Å²) in [5.74, 6) is 0.139. The predicted octanol–water partition coefficient (Wildman–Crippen LogP) is 3.54. The Morgan fingerprint density at radius 1 is 1.04 bits per heavy atom. The molecular formula is C20H24O4. The van der Waals surface area contributed by atoms with Crippen molar-refractivity contribution in [1.82, 2.24) is 0 Å². The lowest BCUT2D eigenvalue weighted by Gasteiger charge is -2.22. The lowest BCUT2D eigenvalue weighted by atomic mass is 9.91. The molecular weight excluding hydrogens is 304 g/mol. The zero-order chi connectivity index (χ0) is 17.5. The number of hydrogen-bond acceptors (Lipinski definition) is 4. The van der Waals surface area contributed by atoms with Gasteiger partial charge in [0.25, 0.3) is 0 Å². The third-order valence-corrected chi connectivity index (χ3v) is 4.12. The zero-order valence-electron chi connectivity index (χ0n) is 14.3. The van der Waals surface area contributed by atoms with Gasteiger partial charge in [-0.25, -0.2) is 0 Å². The van der Waals surface area contributed by atoms with Gasteiger partial charge in [-0.3, -0.25) is 4.79 Å². The number of carbonyl (C=O) groups is 1. The molecule has 1 N–H and O–H groups in total. The first kappa shape index (κ1) is 18.2. The highest BCUT2D eigenvalue weighted by Crippen LogP contribution is 2.24. The van der Waals surface area contributed by atoms with E-state index in [-0.39, 0.29) is 5.78 Å².